The second kappa shape index (κ2) is 9.02. The van der Waals surface area contributed by atoms with Crippen LogP contribution >= 0.6 is 27.3 Å². The van der Waals surface area contributed by atoms with Crippen LogP contribution < -0.4 is 5.32 Å². The summed E-state index contributed by atoms with van der Waals surface area (Å²) in [5.74, 6) is -1.28. The zero-order chi connectivity index (χ0) is 26.0. The molecule has 2 N–H and O–H groups in total. The molecule has 2 unspecified atom stereocenters. The number of aromatic nitrogens is 4. The van der Waals surface area contributed by atoms with Gasteiger partial charge in [-0.05, 0) is 74.8 Å². The minimum atomic E-state index is -1.02. The Bertz CT molecular complexity index is 1580. The lowest BCUT2D eigenvalue weighted by molar-refractivity contribution is -0.144. The molecule has 2 heterocycles. The number of carboxylic acids is 1. The fourth-order valence-electron chi connectivity index (χ4n) is 5.86. The van der Waals surface area contributed by atoms with Crippen molar-refractivity contribution >= 4 is 49.2 Å². The highest BCUT2D eigenvalue weighted by Crippen LogP contribution is 2.55. The summed E-state index contributed by atoms with van der Waals surface area (Å²) in [6.07, 6.45) is 2.24. The molecule has 0 aliphatic heterocycles. The van der Waals surface area contributed by atoms with Gasteiger partial charge in [-0.3, -0.25) is 4.79 Å². The molecule has 0 saturated heterocycles. The highest BCUT2D eigenvalue weighted by atomic mass is 79.9. The third-order valence-electron chi connectivity index (χ3n) is 7.66. The van der Waals surface area contributed by atoms with Gasteiger partial charge >= 0.3 is 5.97 Å². The van der Waals surface area contributed by atoms with Crippen molar-refractivity contribution < 1.29 is 14.7 Å². The molecule has 3 atom stereocenters. The first kappa shape index (κ1) is 24.2. The molecule has 2 aromatic heterocycles. The van der Waals surface area contributed by atoms with E-state index in [-0.39, 0.29) is 17.9 Å². The topological polar surface area (TPSA) is 110 Å². The molecule has 2 aromatic carbocycles. The Balaban J connectivity index is 1.45. The second-order valence-electron chi connectivity index (χ2n) is 10.2. The molecule has 4 aromatic rings. The number of aryl methyl sites for hydroxylation is 1. The molecular formula is C27H26BrN5O3S. The summed E-state index contributed by atoms with van der Waals surface area (Å²) in [5, 5.41) is 26.5. The lowest BCUT2D eigenvalue weighted by atomic mass is 9.92. The zero-order valence-corrected chi connectivity index (χ0v) is 23.1. The fraction of sp³-hybridized carbons (Fsp3) is 0.370. The molecule has 0 radical (unpaired) electrons. The summed E-state index contributed by atoms with van der Waals surface area (Å²) in [5.41, 5.74) is 5.42. The molecule has 4 bridgehead atoms. The zero-order valence-electron chi connectivity index (χ0n) is 20.7. The van der Waals surface area contributed by atoms with Crippen LogP contribution in [0.15, 0.2) is 34.8 Å². The van der Waals surface area contributed by atoms with E-state index >= 15 is 0 Å². The maximum absolute atomic E-state index is 13.3. The summed E-state index contributed by atoms with van der Waals surface area (Å²) in [4.78, 5) is 26.2. The molecule has 2 aliphatic rings. The van der Waals surface area contributed by atoms with Gasteiger partial charge in [-0.25, -0.2) is 9.48 Å². The molecule has 10 heteroatoms. The van der Waals surface area contributed by atoms with Crippen molar-refractivity contribution in [2.75, 3.05) is 0 Å². The van der Waals surface area contributed by atoms with Crippen LogP contribution in [0.4, 0.5) is 0 Å². The third-order valence-corrected chi connectivity index (χ3v) is 9.91. The van der Waals surface area contributed by atoms with E-state index in [1.165, 1.54) is 15.6 Å². The van der Waals surface area contributed by atoms with E-state index in [9.17, 15) is 14.7 Å². The van der Waals surface area contributed by atoms with Gasteiger partial charge in [0.05, 0.1) is 16.8 Å². The van der Waals surface area contributed by atoms with Gasteiger partial charge in [0.1, 0.15) is 6.04 Å². The van der Waals surface area contributed by atoms with E-state index in [0.717, 1.165) is 44.4 Å². The Morgan fingerprint density at radius 2 is 1.95 bits per heavy atom. The smallest absolute Gasteiger partial charge is 0.326 e. The number of nitrogens with one attached hydrogen (secondary N) is 1. The molecule has 1 amide bonds. The van der Waals surface area contributed by atoms with Crippen LogP contribution in [0.5, 0.6) is 0 Å². The third kappa shape index (κ3) is 3.72. The Hall–Kier alpha value is -3.11. The number of rotatable bonds is 6. The van der Waals surface area contributed by atoms with E-state index in [0.29, 0.717) is 12.2 Å². The lowest BCUT2D eigenvalue weighted by Gasteiger charge is -2.24. The Morgan fingerprint density at radius 3 is 2.70 bits per heavy atom. The van der Waals surface area contributed by atoms with Crippen molar-refractivity contribution in [2.45, 2.75) is 52.1 Å². The van der Waals surface area contributed by atoms with Gasteiger partial charge < -0.3 is 10.4 Å². The van der Waals surface area contributed by atoms with Crippen molar-refractivity contribution in [3.63, 3.8) is 0 Å². The number of thiophene rings is 1. The van der Waals surface area contributed by atoms with Gasteiger partial charge in [-0.1, -0.05) is 44.5 Å². The van der Waals surface area contributed by atoms with Crippen molar-refractivity contribution in [1.29, 1.82) is 0 Å². The number of fused-ring (bicyclic) bond motifs is 5. The lowest BCUT2D eigenvalue weighted by Crippen LogP contribution is -2.47. The molecule has 190 valence electrons. The number of aliphatic carboxylic acids is 1. The average molecular weight is 581 g/mol. The van der Waals surface area contributed by atoms with Crippen LogP contribution in [0.1, 0.15) is 44.7 Å². The van der Waals surface area contributed by atoms with Gasteiger partial charge in [0.2, 0.25) is 5.91 Å². The number of benzene rings is 2. The predicted molar refractivity (Wildman–Crippen MR) is 146 cm³/mol. The SMILES string of the molecule is Cc1ccc2sc3c(Br)c2c1-c1cccc-3c1-c1nnnn1C1CCCC1C(=O)N[C@H](C(=O)O)C(C)C. The summed E-state index contributed by atoms with van der Waals surface area (Å²) >= 11 is 5.62. The van der Waals surface area contributed by atoms with E-state index in [4.69, 9.17) is 0 Å². The van der Waals surface area contributed by atoms with Crippen molar-refractivity contribution in [3.8, 4) is 33.0 Å². The van der Waals surface area contributed by atoms with Crippen LogP contribution in [0.3, 0.4) is 0 Å². The number of hydrogen-bond acceptors (Lipinski definition) is 6. The van der Waals surface area contributed by atoms with Crippen LogP contribution in [-0.4, -0.2) is 43.2 Å². The maximum Gasteiger partial charge on any atom is 0.326 e. The molecule has 8 nitrogen and oxygen atoms in total. The molecule has 1 fully saturated rings. The number of nitrogens with zero attached hydrogens (tertiary/aromatic N) is 4. The number of carbonyl (C=O) groups excluding carboxylic acids is 1. The standard InChI is InChI=1S/C27H26BrN5O3S/c1-12(2)23(27(35)36)29-26(34)14-6-5-9-17(14)33-25(30-31-32-33)20-15-7-4-8-16(20)24-22(28)21-18(37-24)11-10-13(3)19(15)21/h4,7-8,10-12,14,17,23H,5-6,9H2,1-3H3,(H,29,34)(H,35,36)/t14?,17?,23-/m0/s1. The fourth-order valence-corrected chi connectivity index (χ4v) is 8.00. The normalized spacial score (nSPS) is 18.9. The molecule has 0 spiro atoms. The van der Waals surface area contributed by atoms with Gasteiger partial charge in [0, 0.05) is 25.7 Å². The van der Waals surface area contributed by atoms with Gasteiger partial charge in [-0.15, -0.1) is 16.4 Å². The van der Waals surface area contributed by atoms with Crippen LogP contribution in [0.2, 0.25) is 0 Å². The maximum atomic E-state index is 13.3. The Labute approximate surface area is 226 Å². The summed E-state index contributed by atoms with van der Waals surface area (Å²) < 4.78 is 4.11. The van der Waals surface area contributed by atoms with Crippen LogP contribution in [-0.2, 0) is 9.59 Å². The average Bonchev–Trinajstić information content (AvgIpc) is 3.59. The summed E-state index contributed by atoms with van der Waals surface area (Å²) in [6, 6.07) is 9.42. The van der Waals surface area contributed by atoms with E-state index in [2.05, 4.69) is 74.0 Å². The second-order valence-corrected chi connectivity index (χ2v) is 12.1. The number of halogens is 1. The van der Waals surface area contributed by atoms with Crippen molar-refractivity contribution in [3.05, 3.63) is 40.4 Å². The molecule has 6 rings (SSSR count). The van der Waals surface area contributed by atoms with Gasteiger partial charge in [0.15, 0.2) is 5.82 Å². The van der Waals surface area contributed by atoms with Crippen molar-refractivity contribution in [1.82, 2.24) is 25.5 Å². The van der Waals surface area contributed by atoms with E-state index in [1.807, 2.05) is 0 Å². The van der Waals surface area contributed by atoms with Crippen LogP contribution in [0, 0.1) is 18.8 Å². The predicted octanol–water partition coefficient (Wildman–Crippen LogP) is 5.84. The first-order valence-corrected chi connectivity index (χ1v) is 14.1. The monoisotopic (exact) mass is 579 g/mol. The first-order valence-electron chi connectivity index (χ1n) is 12.4. The van der Waals surface area contributed by atoms with Gasteiger partial charge in [0.25, 0.3) is 0 Å². The quantitative estimate of drug-likeness (QED) is 0.261. The molecule has 2 aliphatic carbocycles. The molecule has 37 heavy (non-hydrogen) atoms. The molecular weight excluding hydrogens is 554 g/mol. The highest BCUT2D eigenvalue weighted by Gasteiger charge is 2.39. The van der Waals surface area contributed by atoms with Gasteiger partial charge in [-0.2, -0.15) is 0 Å². The first-order chi connectivity index (χ1) is 17.8. The highest BCUT2D eigenvalue weighted by molar-refractivity contribution is 9.10. The number of tetrazole rings is 1. The number of hydrogen-bond donors (Lipinski definition) is 2. The number of amides is 1. The number of carbonyl (C=O) groups is 2. The Morgan fingerprint density at radius 1 is 1.16 bits per heavy atom. The summed E-state index contributed by atoms with van der Waals surface area (Å²) in [6.45, 7) is 5.70. The van der Waals surface area contributed by atoms with E-state index in [1.54, 1.807) is 29.9 Å². The van der Waals surface area contributed by atoms with Crippen molar-refractivity contribution in [2.24, 2.45) is 11.8 Å². The minimum absolute atomic E-state index is 0.221. The Kier molecular flexibility index (Phi) is 5.91. The minimum Gasteiger partial charge on any atom is -0.480 e. The summed E-state index contributed by atoms with van der Waals surface area (Å²) in [7, 11) is 0. The number of carboxylic acid groups (broad SMARTS) is 1. The molecule has 1 saturated carbocycles. The largest absolute Gasteiger partial charge is 0.480 e. The van der Waals surface area contributed by atoms with Crippen LogP contribution in [0.25, 0.3) is 43.0 Å². The van der Waals surface area contributed by atoms with E-state index < -0.39 is 17.9 Å².